The molecule has 0 atom stereocenters. The standard InChI is InChI=1S/C15H26N2O/c1-16-10-9-14-7-4-5-8-15(14)13-17(2)11-6-12-18-3/h4-5,7-8,16H,6,9-13H2,1-3H3. The van der Waals surface area contributed by atoms with Crippen LogP contribution < -0.4 is 5.32 Å². The number of rotatable bonds is 9. The molecule has 3 nitrogen and oxygen atoms in total. The van der Waals surface area contributed by atoms with Gasteiger partial charge < -0.3 is 15.0 Å². The predicted molar refractivity (Wildman–Crippen MR) is 76.9 cm³/mol. The van der Waals surface area contributed by atoms with Crippen molar-refractivity contribution in [3.05, 3.63) is 35.4 Å². The van der Waals surface area contributed by atoms with Gasteiger partial charge in [-0.05, 0) is 44.6 Å². The lowest BCUT2D eigenvalue weighted by atomic mass is 10.0. The van der Waals surface area contributed by atoms with E-state index < -0.39 is 0 Å². The van der Waals surface area contributed by atoms with Crippen LogP contribution in [-0.2, 0) is 17.7 Å². The number of nitrogens with zero attached hydrogens (tertiary/aromatic N) is 1. The molecule has 0 radical (unpaired) electrons. The van der Waals surface area contributed by atoms with Crippen molar-refractivity contribution >= 4 is 0 Å². The van der Waals surface area contributed by atoms with E-state index in [1.54, 1.807) is 7.11 Å². The fourth-order valence-corrected chi connectivity index (χ4v) is 2.06. The summed E-state index contributed by atoms with van der Waals surface area (Å²) < 4.78 is 5.08. The van der Waals surface area contributed by atoms with Crippen LogP contribution in [0.15, 0.2) is 24.3 Å². The predicted octanol–water partition coefficient (Wildman–Crippen LogP) is 1.92. The SMILES string of the molecule is CNCCc1ccccc1CN(C)CCCOC. The second-order valence-corrected chi connectivity index (χ2v) is 4.71. The van der Waals surface area contributed by atoms with Crippen LogP contribution in [-0.4, -0.2) is 45.8 Å². The molecule has 3 heteroatoms. The average Bonchev–Trinajstić information content (AvgIpc) is 2.38. The molecule has 1 rings (SSSR count). The maximum absolute atomic E-state index is 5.08. The van der Waals surface area contributed by atoms with Gasteiger partial charge in [-0.1, -0.05) is 24.3 Å². The minimum Gasteiger partial charge on any atom is -0.385 e. The summed E-state index contributed by atoms with van der Waals surface area (Å²) in [6.45, 7) is 3.97. The number of hydrogen-bond donors (Lipinski definition) is 1. The van der Waals surface area contributed by atoms with Crippen LogP contribution in [0.5, 0.6) is 0 Å². The lowest BCUT2D eigenvalue weighted by Crippen LogP contribution is -2.21. The van der Waals surface area contributed by atoms with Crippen molar-refractivity contribution in [1.82, 2.24) is 10.2 Å². The molecule has 0 aliphatic rings. The van der Waals surface area contributed by atoms with Crippen LogP contribution in [0.3, 0.4) is 0 Å². The Morgan fingerprint density at radius 2 is 1.94 bits per heavy atom. The van der Waals surface area contributed by atoms with Gasteiger partial charge in [-0.15, -0.1) is 0 Å². The van der Waals surface area contributed by atoms with E-state index in [9.17, 15) is 0 Å². The minimum atomic E-state index is 0.839. The zero-order valence-electron chi connectivity index (χ0n) is 11.9. The maximum Gasteiger partial charge on any atom is 0.0474 e. The maximum atomic E-state index is 5.08. The smallest absolute Gasteiger partial charge is 0.0474 e. The van der Waals surface area contributed by atoms with Gasteiger partial charge in [0.25, 0.3) is 0 Å². The molecular weight excluding hydrogens is 224 g/mol. The summed E-state index contributed by atoms with van der Waals surface area (Å²) in [6, 6.07) is 8.72. The van der Waals surface area contributed by atoms with Gasteiger partial charge in [0.15, 0.2) is 0 Å². The van der Waals surface area contributed by atoms with E-state index >= 15 is 0 Å². The lowest BCUT2D eigenvalue weighted by molar-refractivity contribution is 0.178. The molecule has 0 aliphatic carbocycles. The highest BCUT2D eigenvalue weighted by molar-refractivity contribution is 5.27. The Balaban J connectivity index is 2.49. The zero-order valence-corrected chi connectivity index (χ0v) is 11.9. The van der Waals surface area contributed by atoms with E-state index in [1.807, 2.05) is 7.05 Å². The number of methoxy groups -OCH3 is 1. The largest absolute Gasteiger partial charge is 0.385 e. The summed E-state index contributed by atoms with van der Waals surface area (Å²) in [5, 5.41) is 3.21. The molecule has 0 amide bonds. The summed E-state index contributed by atoms with van der Waals surface area (Å²) in [4.78, 5) is 2.36. The van der Waals surface area contributed by atoms with E-state index in [4.69, 9.17) is 4.74 Å². The van der Waals surface area contributed by atoms with Gasteiger partial charge in [0.1, 0.15) is 0 Å². The molecule has 0 bridgehead atoms. The first-order chi connectivity index (χ1) is 8.77. The molecular formula is C15H26N2O. The van der Waals surface area contributed by atoms with E-state index in [2.05, 4.69) is 41.5 Å². The summed E-state index contributed by atoms with van der Waals surface area (Å²) in [6.07, 6.45) is 2.18. The molecule has 0 saturated heterocycles. The monoisotopic (exact) mass is 250 g/mol. The van der Waals surface area contributed by atoms with Gasteiger partial charge in [0.2, 0.25) is 0 Å². The molecule has 0 fully saturated rings. The minimum absolute atomic E-state index is 0.839. The summed E-state index contributed by atoms with van der Waals surface area (Å²) >= 11 is 0. The number of hydrogen-bond acceptors (Lipinski definition) is 3. The fraction of sp³-hybridized carbons (Fsp3) is 0.600. The molecule has 1 aromatic rings. The second-order valence-electron chi connectivity index (χ2n) is 4.71. The number of ether oxygens (including phenoxy) is 1. The van der Waals surface area contributed by atoms with Crippen molar-refractivity contribution < 1.29 is 4.74 Å². The van der Waals surface area contributed by atoms with Crippen molar-refractivity contribution in [1.29, 1.82) is 0 Å². The molecule has 0 saturated carbocycles. The Hall–Kier alpha value is -0.900. The second kappa shape index (κ2) is 9.09. The Kier molecular flexibility index (Phi) is 7.65. The third-order valence-electron chi connectivity index (χ3n) is 3.09. The third kappa shape index (κ3) is 5.63. The molecule has 1 aromatic carbocycles. The Labute approximate surface area is 111 Å². The first kappa shape index (κ1) is 15.2. The Morgan fingerprint density at radius 3 is 2.61 bits per heavy atom. The van der Waals surface area contributed by atoms with Crippen LogP contribution >= 0.6 is 0 Å². The van der Waals surface area contributed by atoms with Gasteiger partial charge in [-0.2, -0.15) is 0 Å². The van der Waals surface area contributed by atoms with E-state index in [0.29, 0.717) is 0 Å². The quantitative estimate of drug-likeness (QED) is 0.678. The van der Waals surface area contributed by atoms with Crippen LogP contribution in [0.25, 0.3) is 0 Å². The number of likely N-dealkylation sites (N-methyl/N-ethyl adjacent to an activating group) is 1. The van der Waals surface area contributed by atoms with Gasteiger partial charge in [-0.3, -0.25) is 0 Å². The van der Waals surface area contributed by atoms with Crippen LogP contribution in [0, 0.1) is 0 Å². The van der Waals surface area contributed by atoms with Crippen LogP contribution in [0.1, 0.15) is 17.5 Å². The van der Waals surface area contributed by atoms with Crippen LogP contribution in [0.4, 0.5) is 0 Å². The zero-order chi connectivity index (χ0) is 13.2. The first-order valence-electron chi connectivity index (χ1n) is 6.66. The van der Waals surface area contributed by atoms with Crippen molar-refractivity contribution in [2.24, 2.45) is 0 Å². The normalized spacial score (nSPS) is 11.1. The molecule has 102 valence electrons. The highest BCUT2D eigenvalue weighted by atomic mass is 16.5. The number of benzene rings is 1. The molecule has 0 aliphatic heterocycles. The third-order valence-corrected chi connectivity index (χ3v) is 3.09. The van der Waals surface area contributed by atoms with Crippen molar-refractivity contribution in [3.63, 3.8) is 0 Å². The summed E-state index contributed by atoms with van der Waals surface area (Å²) in [7, 11) is 5.93. The Bertz CT molecular complexity index is 328. The summed E-state index contributed by atoms with van der Waals surface area (Å²) in [5.41, 5.74) is 2.89. The van der Waals surface area contributed by atoms with E-state index in [1.165, 1.54) is 11.1 Å². The van der Waals surface area contributed by atoms with Crippen molar-refractivity contribution in [2.45, 2.75) is 19.4 Å². The van der Waals surface area contributed by atoms with Gasteiger partial charge in [0.05, 0.1) is 0 Å². The van der Waals surface area contributed by atoms with E-state index in [0.717, 1.165) is 39.1 Å². The molecule has 0 aromatic heterocycles. The Morgan fingerprint density at radius 1 is 1.22 bits per heavy atom. The van der Waals surface area contributed by atoms with Crippen LogP contribution in [0.2, 0.25) is 0 Å². The number of nitrogens with one attached hydrogen (secondary N) is 1. The van der Waals surface area contributed by atoms with Gasteiger partial charge in [0, 0.05) is 26.8 Å². The summed E-state index contributed by atoms with van der Waals surface area (Å²) in [5.74, 6) is 0. The molecule has 1 N–H and O–H groups in total. The highest BCUT2D eigenvalue weighted by Gasteiger charge is 2.04. The van der Waals surface area contributed by atoms with Gasteiger partial charge >= 0.3 is 0 Å². The molecule has 0 heterocycles. The lowest BCUT2D eigenvalue weighted by Gasteiger charge is -2.18. The van der Waals surface area contributed by atoms with Gasteiger partial charge in [-0.25, -0.2) is 0 Å². The average molecular weight is 250 g/mol. The molecule has 0 unspecified atom stereocenters. The molecule has 18 heavy (non-hydrogen) atoms. The van der Waals surface area contributed by atoms with E-state index in [-0.39, 0.29) is 0 Å². The topological polar surface area (TPSA) is 24.5 Å². The fourth-order valence-electron chi connectivity index (χ4n) is 2.06. The molecule has 0 spiro atoms. The van der Waals surface area contributed by atoms with Crippen molar-refractivity contribution in [2.75, 3.05) is 40.9 Å². The van der Waals surface area contributed by atoms with Crippen molar-refractivity contribution in [3.8, 4) is 0 Å². The highest BCUT2D eigenvalue weighted by Crippen LogP contribution is 2.11. The first-order valence-corrected chi connectivity index (χ1v) is 6.66.